The molecule has 1 aliphatic carbocycles. The van der Waals surface area contributed by atoms with Gasteiger partial charge in [-0.2, -0.15) is 0 Å². The van der Waals surface area contributed by atoms with Gasteiger partial charge in [-0.1, -0.05) is 25.3 Å². The SMILES string of the molecule is Nc1cnc2cc(C3(N)CCCCC3)ccc2n1. The molecule has 1 aromatic heterocycles. The molecule has 2 aromatic rings. The second kappa shape index (κ2) is 4.21. The monoisotopic (exact) mass is 242 g/mol. The second-order valence-corrected chi connectivity index (χ2v) is 5.22. The van der Waals surface area contributed by atoms with E-state index in [0.29, 0.717) is 5.82 Å². The first-order chi connectivity index (χ1) is 8.67. The van der Waals surface area contributed by atoms with Crippen LogP contribution in [0, 0.1) is 0 Å². The molecule has 4 heteroatoms. The van der Waals surface area contributed by atoms with Gasteiger partial charge in [-0.3, -0.25) is 4.98 Å². The van der Waals surface area contributed by atoms with Gasteiger partial charge >= 0.3 is 0 Å². The summed E-state index contributed by atoms with van der Waals surface area (Å²) in [5.41, 5.74) is 14.9. The fourth-order valence-electron chi connectivity index (χ4n) is 2.81. The number of fused-ring (bicyclic) bond motifs is 1. The van der Waals surface area contributed by atoms with Crippen molar-refractivity contribution in [2.24, 2.45) is 5.73 Å². The quantitative estimate of drug-likeness (QED) is 0.804. The summed E-state index contributed by atoms with van der Waals surface area (Å²) in [4.78, 5) is 8.58. The highest BCUT2D eigenvalue weighted by atomic mass is 14.9. The minimum Gasteiger partial charge on any atom is -0.382 e. The molecule has 1 saturated carbocycles. The van der Waals surface area contributed by atoms with Gasteiger partial charge in [0.05, 0.1) is 17.2 Å². The number of nitrogens with zero attached hydrogens (tertiary/aromatic N) is 2. The molecular formula is C14H18N4. The first-order valence-corrected chi connectivity index (χ1v) is 6.49. The van der Waals surface area contributed by atoms with Crippen molar-refractivity contribution in [1.82, 2.24) is 9.97 Å². The van der Waals surface area contributed by atoms with Crippen molar-refractivity contribution in [3.8, 4) is 0 Å². The van der Waals surface area contributed by atoms with E-state index in [1.165, 1.54) is 24.8 Å². The number of hydrogen-bond donors (Lipinski definition) is 2. The lowest BCUT2D eigenvalue weighted by Crippen LogP contribution is -2.38. The average Bonchev–Trinajstić information content (AvgIpc) is 2.39. The van der Waals surface area contributed by atoms with Gasteiger partial charge in [0, 0.05) is 5.54 Å². The number of hydrogen-bond acceptors (Lipinski definition) is 4. The maximum atomic E-state index is 6.53. The second-order valence-electron chi connectivity index (χ2n) is 5.22. The van der Waals surface area contributed by atoms with Crippen molar-refractivity contribution in [2.45, 2.75) is 37.6 Å². The lowest BCUT2D eigenvalue weighted by molar-refractivity contribution is 0.302. The predicted molar refractivity (Wildman–Crippen MR) is 72.9 cm³/mol. The van der Waals surface area contributed by atoms with Crippen molar-refractivity contribution >= 4 is 16.9 Å². The van der Waals surface area contributed by atoms with Gasteiger partial charge in [-0.15, -0.1) is 0 Å². The Labute approximate surface area is 106 Å². The van der Waals surface area contributed by atoms with Crippen LogP contribution in [0.4, 0.5) is 5.82 Å². The molecule has 0 spiro atoms. The van der Waals surface area contributed by atoms with Crippen LogP contribution in [0.5, 0.6) is 0 Å². The molecule has 1 aliphatic rings. The van der Waals surface area contributed by atoms with Gasteiger partial charge in [-0.25, -0.2) is 4.98 Å². The third-order valence-corrected chi connectivity index (χ3v) is 3.88. The molecule has 0 aliphatic heterocycles. The van der Waals surface area contributed by atoms with Crippen molar-refractivity contribution in [3.63, 3.8) is 0 Å². The van der Waals surface area contributed by atoms with E-state index in [9.17, 15) is 0 Å². The molecule has 4 nitrogen and oxygen atoms in total. The van der Waals surface area contributed by atoms with Crippen LogP contribution in [0.15, 0.2) is 24.4 Å². The van der Waals surface area contributed by atoms with Gasteiger partial charge in [-0.05, 0) is 30.5 Å². The van der Waals surface area contributed by atoms with Gasteiger partial charge < -0.3 is 11.5 Å². The summed E-state index contributed by atoms with van der Waals surface area (Å²) in [5, 5.41) is 0. The summed E-state index contributed by atoms with van der Waals surface area (Å²) in [7, 11) is 0. The normalized spacial score (nSPS) is 18.9. The Hall–Kier alpha value is -1.68. The van der Waals surface area contributed by atoms with E-state index in [2.05, 4.69) is 22.1 Å². The Morgan fingerprint density at radius 1 is 1.06 bits per heavy atom. The van der Waals surface area contributed by atoms with Crippen LogP contribution in [0.1, 0.15) is 37.7 Å². The number of nitrogens with two attached hydrogens (primary N) is 2. The number of anilines is 1. The highest BCUT2D eigenvalue weighted by Gasteiger charge is 2.29. The van der Waals surface area contributed by atoms with Crippen molar-refractivity contribution in [2.75, 3.05) is 5.73 Å². The van der Waals surface area contributed by atoms with Crippen LogP contribution >= 0.6 is 0 Å². The number of nitrogen functional groups attached to an aromatic ring is 1. The fourth-order valence-corrected chi connectivity index (χ4v) is 2.81. The third-order valence-electron chi connectivity index (χ3n) is 3.88. The Morgan fingerprint density at radius 3 is 2.61 bits per heavy atom. The van der Waals surface area contributed by atoms with Crippen LogP contribution in [0.3, 0.4) is 0 Å². The molecule has 0 atom stereocenters. The topological polar surface area (TPSA) is 77.8 Å². The summed E-state index contributed by atoms with van der Waals surface area (Å²) in [6, 6.07) is 6.10. The first-order valence-electron chi connectivity index (χ1n) is 6.49. The fraction of sp³-hybridized carbons (Fsp3) is 0.429. The number of rotatable bonds is 1. The summed E-state index contributed by atoms with van der Waals surface area (Å²) < 4.78 is 0. The van der Waals surface area contributed by atoms with E-state index in [4.69, 9.17) is 11.5 Å². The van der Waals surface area contributed by atoms with Crippen LogP contribution in [-0.2, 0) is 5.54 Å². The zero-order chi connectivity index (χ0) is 12.6. The van der Waals surface area contributed by atoms with Crippen molar-refractivity contribution in [3.05, 3.63) is 30.0 Å². The third kappa shape index (κ3) is 1.93. The largest absolute Gasteiger partial charge is 0.382 e. The Balaban J connectivity index is 2.05. The Morgan fingerprint density at radius 2 is 1.83 bits per heavy atom. The van der Waals surface area contributed by atoms with Crippen LogP contribution in [0.25, 0.3) is 11.0 Å². The zero-order valence-electron chi connectivity index (χ0n) is 10.4. The molecule has 3 rings (SSSR count). The minimum absolute atomic E-state index is 0.185. The predicted octanol–water partition coefficient (Wildman–Crippen LogP) is 2.33. The number of benzene rings is 1. The molecule has 1 fully saturated rings. The lowest BCUT2D eigenvalue weighted by Gasteiger charge is -2.34. The summed E-state index contributed by atoms with van der Waals surface area (Å²) >= 11 is 0. The lowest BCUT2D eigenvalue weighted by atomic mass is 9.77. The number of aromatic nitrogens is 2. The molecule has 0 unspecified atom stereocenters. The smallest absolute Gasteiger partial charge is 0.142 e. The van der Waals surface area contributed by atoms with E-state index < -0.39 is 0 Å². The molecule has 18 heavy (non-hydrogen) atoms. The molecule has 4 N–H and O–H groups in total. The average molecular weight is 242 g/mol. The van der Waals surface area contributed by atoms with Gasteiger partial charge in [0.1, 0.15) is 5.82 Å². The van der Waals surface area contributed by atoms with Crippen molar-refractivity contribution < 1.29 is 0 Å². The Bertz CT molecular complexity index is 573. The van der Waals surface area contributed by atoms with E-state index >= 15 is 0 Å². The van der Waals surface area contributed by atoms with E-state index in [1.54, 1.807) is 6.20 Å². The molecule has 1 aromatic carbocycles. The van der Waals surface area contributed by atoms with Gasteiger partial charge in [0.2, 0.25) is 0 Å². The molecule has 94 valence electrons. The molecule has 0 amide bonds. The molecule has 1 heterocycles. The zero-order valence-corrected chi connectivity index (χ0v) is 10.4. The van der Waals surface area contributed by atoms with Gasteiger partial charge in [0.15, 0.2) is 0 Å². The molecular weight excluding hydrogens is 224 g/mol. The minimum atomic E-state index is -0.185. The highest BCUT2D eigenvalue weighted by Crippen LogP contribution is 2.35. The standard InChI is InChI=1S/C14H18N4/c15-13-9-17-12-8-10(4-5-11(12)18-13)14(16)6-2-1-3-7-14/h4-5,8-9H,1-3,6-7,16H2,(H2,15,18). The van der Waals surface area contributed by atoms with E-state index in [0.717, 1.165) is 23.9 Å². The summed E-state index contributed by atoms with van der Waals surface area (Å²) in [6.45, 7) is 0. The molecule has 0 saturated heterocycles. The van der Waals surface area contributed by atoms with Crippen LogP contribution in [-0.4, -0.2) is 9.97 Å². The molecule has 0 radical (unpaired) electrons. The van der Waals surface area contributed by atoms with E-state index in [-0.39, 0.29) is 5.54 Å². The first kappa shape index (κ1) is 11.4. The van der Waals surface area contributed by atoms with E-state index in [1.807, 2.05) is 6.07 Å². The van der Waals surface area contributed by atoms with Crippen LogP contribution < -0.4 is 11.5 Å². The van der Waals surface area contributed by atoms with Gasteiger partial charge in [0.25, 0.3) is 0 Å². The maximum Gasteiger partial charge on any atom is 0.142 e. The maximum absolute atomic E-state index is 6.53. The van der Waals surface area contributed by atoms with Crippen molar-refractivity contribution in [1.29, 1.82) is 0 Å². The highest BCUT2D eigenvalue weighted by molar-refractivity contribution is 5.76. The summed E-state index contributed by atoms with van der Waals surface area (Å²) in [5.74, 6) is 0.454. The Kier molecular flexibility index (Phi) is 2.67. The van der Waals surface area contributed by atoms with Crippen LogP contribution in [0.2, 0.25) is 0 Å². The molecule has 0 bridgehead atoms. The summed E-state index contributed by atoms with van der Waals surface area (Å²) in [6.07, 6.45) is 7.42.